The summed E-state index contributed by atoms with van der Waals surface area (Å²) in [6.07, 6.45) is -1.95. The Hall–Kier alpha value is -1.68. The molecule has 2 aliphatic rings. The van der Waals surface area contributed by atoms with Gasteiger partial charge in [0.2, 0.25) is 0 Å². The Kier molecular flexibility index (Phi) is 8.94. The van der Waals surface area contributed by atoms with Crippen LogP contribution in [0, 0.1) is 23.7 Å². The number of hydrogen-bond donors (Lipinski definition) is 2. The number of ether oxygens (including phenoxy) is 3. The number of hydrogen-bond acceptors (Lipinski definition) is 8. The molecule has 8 nitrogen and oxygen atoms in total. The van der Waals surface area contributed by atoms with Crippen LogP contribution in [0.1, 0.15) is 62.3 Å². The molecule has 0 bridgehead atoms. The lowest BCUT2D eigenvalue weighted by atomic mass is 9.80. The number of benzene rings is 1. The number of fused-ring (bicyclic) bond motifs is 1. The van der Waals surface area contributed by atoms with Crippen molar-refractivity contribution in [3.05, 3.63) is 28.2 Å². The highest BCUT2D eigenvalue weighted by Crippen LogP contribution is 2.66. The fourth-order valence-electron chi connectivity index (χ4n) is 5.14. The van der Waals surface area contributed by atoms with Crippen LogP contribution in [0.5, 0.6) is 0 Å². The number of alkyl carbamates (subject to hydrolysis) is 1. The average molecular weight is 605 g/mol. The van der Waals surface area contributed by atoms with Crippen molar-refractivity contribution < 1.29 is 33.7 Å². The number of rotatable bonds is 6. The van der Waals surface area contributed by atoms with Crippen molar-refractivity contribution in [2.75, 3.05) is 5.75 Å². The maximum Gasteiger partial charge on any atom is 0.408 e. The van der Waals surface area contributed by atoms with Gasteiger partial charge < -0.3 is 24.6 Å². The summed E-state index contributed by atoms with van der Waals surface area (Å²) in [7, 11) is 0. The molecule has 1 aromatic rings. The number of thioether (sulfide) groups is 1. The molecule has 3 rings (SSSR count). The maximum atomic E-state index is 14.0. The van der Waals surface area contributed by atoms with Crippen molar-refractivity contribution in [1.29, 1.82) is 0 Å². The SMILES string of the molecule is CC(C)(C)OC(=O)N[C@@]1(C(=O)OC(C)(C)C)C(CSc2ccc(Cl)c(Cl)c2)[C@@H](O)C2[C@H](C(=O)OC(C)(C)C)[C@H]21. The Morgan fingerprint density at radius 2 is 1.49 bits per heavy atom. The topological polar surface area (TPSA) is 111 Å². The molecule has 2 saturated carbocycles. The highest BCUT2D eigenvalue weighted by atomic mass is 35.5. The highest BCUT2D eigenvalue weighted by Gasteiger charge is 2.80. The molecule has 2 aliphatic carbocycles. The van der Waals surface area contributed by atoms with E-state index in [9.17, 15) is 19.5 Å². The van der Waals surface area contributed by atoms with Crippen molar-refractivity contribution in [2.24, 2.45) is 23.7 Å². The van der Waals surface area contributed by atoms with Crippen LogP contribution in [-0.2, 0) is 23.8 Å². The normalized spacial score (nSPS) is 28.4. The highest BCUT2D eigenvalue weighted by molar-refractivity contribution is 7.99. The zero-order chi connectivity index (χ0) is 29.7. The van der Waals surface area contributed by atoms with Crippen LogP contribution in [0.2, 0.25) is 10.0 Å². The number of halogens is 2. The number of carbonyl (C=O) groups excluding carboxylic acids is 3. The predicted molar refractivity (Wildman–Crippen MR) is 151 cm³/mol. The van der Waals surface area contributed by atoms with Gasteiger partial charge in [0.05, 0.1) is 22.1 Å². The van der Waals surface area contributed by atoms with Crippen LogP contribution in [0.3, 0.4) is 0 Å². The number of aliphatic hydroxyl groups is 1. The number of carbonyl (C=O) groups is 3. The van der Waals surface area contributed by atoms with Crippen LogP contribution in [-0.4, -0.2) is 57.3 Å². The summed E-state index contributed by atoms with van der Waals surface area (Å²) in [5.74, 6) is -4.03. The molecular weight excluding hydrogens is 565 g/mol. The van der Waals surface area contributed by atoms with Gasteiger partial charge >= 0.3 is 18.0 Å². The predicted octanol–water partition coefficient (Wildman–Crippen LogP) is 5.89. The third-order valence-electron chi connectivity index (χ3n) is 6.44. The van der Waals surface area contributed by atoms with Gasteiger partial charge in [-0.05, 0) is 80.5 Å². The number of aliphatic hydroxyl groups excluding tert-OH is 1. The van der Waals surface area contributed by atoms with Gasteiger partial charge in [0.25, 0.3) is 0 Å². The largest absolute Gasteiger partial charge is 0.460 e. The van der Waals surface area contributed by atoms with Crippen molar-refractivity contribution in [2.45, 2.75) is 95.7 Å². The Morgan fingerprint density at radius 3 is 2.00 bits per heavy atom. The summed E-state index contributed by atoms with van der Waals surface area (Å²) in [5, 5.41) is 15.1. The van der Waals surface area contributed by atoms with E-state index in [1.807, 2.05) is 0 Å². The fraction of sp³-hybridized carbons (Fsp3) is 0.679. The molecule has 1 amide bonds. The first-order chi connectivity index (χ1) is 17.7. The lowest BCUT2D eigenvalue weighted by molar-refractivity contribution is -0.169. The number of esters is 2. The zero-order valence-electron chi connectivity index (χ0n) is 23.9. The van der Waals surface area contributed by atoms with E-state index < -0.39 is 70.1 Å². The van der Waals surface area contributed by atoms with Gasteiger partial charge in [-0.2, -0.15) is 0 Å². The van der Waals surface area contributed by atoms with Crippen LogP contribution >= 0.6 is 35.0 Å². The summed E-state index contributed by atoms with van der Waals surface area (Å²) >= 11 is 13.6. The van der Waals surface area contributed by atoms with Gasteiger partial charge in [0.15, 0.2) is 5.54 Å². The minimum absolute atomic E-state index is 0.211. The van der Waals surface area contributed by atoms with Gasteiger partial charge in [-0.3, -0.25) is 4.79 Å². The average Bonchev–Trinajstić information content (AvgIpc) is 3.42. The number of amides is 1. The van der Waals surface area contributed by atoms with E-state index in [-0.39, 0.29) is 5.75 Å². The molecular formula is C28H39Cl2NO7S. The third kappa shape index (κ3) is 7.34. The Balaban J connectivity index is 2.05. The minimum atomic E-state index is -1.75. The van der Waals surface area contributed by atoms with Crippen LogP contribution in [0.25, 0.3) is 0 Å². The molecule has 2 unspecified atom stereocenters. The smallest absolute Gasteiger partial charge is 0.408 e. The second-order valence-corrected chi connectivity index (χ2v) is 15.1. The molecule has 1 aromatic carbocycles. The molecule has 11 heteroatoms. The summed E-state index contributed by atoms with van der Waals surface area (Å²) in [5.41, 5.74) is -4.27. The minimum Gasteiger partial charge on any atom is -0.460 e. The van der Waals surface area contributed by atoms with Gasteiger partial charge in [-0.1, -0.05) is 23.2 Å². The lowest BCUT2D eigenvalue weighted by Crippen LogP contribution is -2.64. The van der Waals surface area contributed by atoms with Crippen LogP contribution < -0.4 is 5.32 Å². The Labute approximate surface area is 244 Å². The molecule has 218 valence electrons. The molecule has 0 saturated heterocycles. The quantitative estimate of drug-likeness (QED) is 0.235. The van der Waals surface area contributed by atoms with Crippen molar-refractivity contribution in [1.82, 2.24) is 5.32 Å². The second kappa shape index (κ2) is 11.0. The van der Waals surface area contributed by atoms with Crippen LogP contribution in [0.15, 0.2) is 23.1 Å². The molecule has 0 radical (unpaired) electrons. The summed E-state index contributed by atoms with van der Waals surface area (Å²) in [6.45, 7) is 15.5. The van der Waals surface area contributed by atoms with Gasteiger partial charge in [-0.25, -0.2) is 9.59 Å². The van der Waals surface area contributed by atoms with Crippen molar-refractivity contribution >= 4 is 53.0 Å². The van der Waals surface area contributed by atoms with E-state index in [1.165, 1.54) is 11.8 Å². The first-order valence-corrected chi connectivity index (χ1v) is 14.6. The first kappa shape index (κ1) is 31.8. The molecule has 0 spiro atoms. The first-order valence-electron chi connectivity index (χ1n) is 12.9. The fourth-order valence-corrected chi connectivity index (χ4v) is 6.70. The van der Waals surface area contributed by atoms with E-state index in [4.69, 9.17) is 37.4 Å². The van der Waals surface area contributed by atoms with Gasteiger partial charge in [0.1, 0.15) is 16.8 Å². The summed E-state index contributed by atoms with van der Waals surface area (Å²) < 4.78 is 17.0. The molecule has 0 heterocycles. The third-order valence-corrected chi connectivity index (χ3v) is 8.29. The molecule has 0 aromatic heterocycles. The molecule has 6 atom stereocenters. The molecule has 2 N–H and O–H groups in total. The molecule has 0 aliphatic heterocycles. The maximum absolute atomic E-state index is 14.0. The van der Waals surface area contributed by atoms with Crippen molar-refractivity contribution in [3.63, 3.8) is 0 Å². The monoisotopic (exact) mass is 603 g/mol. The molecule has 2 fully saturated rings. The van der Waals surface area contributed by atoms with E-state index in [0.29, 0.717) is 10.0 Å². The standard InChI is InChI=1S/C28H39Cl2NO7S/c1-25(2,3)36-22(33)19-18-20(19)28(23(34)37-26(4,5)6,31-24(35)38-27(7,8)9)15(21(18)32)13-39-14-10-11-16(29)17(30)12-14/h10-12,15,18-21,32H,13H2,1-9H3,(H,31,35)/t15?,18?,19-,20-,21+,28-/m0/s1. The molecule has 39 heavy (non-hydrogen) atoms. The Bertz CT molecular complexity index is 1120. The summed E-state index contributed by atoms with van der Waals surface area (Å²) in [4.78, 5) is 41.2. The second-order valence-electron chi connectivity index (χ2n) is 13.1. The van der Waals surface area contributed by atoms with E-state index in [1.54, 1.807) is 80.5 Å². The summed E-state index contributed by atoms with van der Waals surface area (Å²) in [6, 6.07) is 5.13. The lowest BCUT2D eigenvalue weighted by Gasteiger charge is -2.40. The zero-order valence-corrected chi connectivity index (χ0v) is 26.2. The van der Waals surface area contributed by atoms with Crippen LogP contribution in [0.4, 0.5) is 4.79 Å². The van der Waals surface area contributed by atoms with Gasteiger partial charge in [0, 0.05) is 28.4 Å². The van der Waals surface area contributed by atoms with Crippen molar-refractivity contribution in [3.8, 4) is 0 Å². The Morgan fingerprint density at radius 1 is 0.923 bits per heavy atom. The number of nitrogens with one attached hydrogen (secondary N) is 1. The van der Waals surface area contributed by atoms with Gasteiger partial charge in [-0.15, -0.1) is 11.8 Å². The van der Waals surface area contributed by atoms with E-state index >= 15 is 0 Å². The van der Waals surface area contributed by atoms with E-state index in [0.717, 1.165) is 4.90 Å². The van der Waals surface area contributed by atoms with E-state index in [2.05, 4.69) is 5.32 Å².